The molecule has 0 radical (unpaired) electrons. The predicted molar refractivity (Wildman–Crippen MR) is 157 cm³/mol. The molecule has 13 heteroatoms. The van der Waals surface area contributed by atoms with Crippen LogP contribution in [0.4, 0.5) is 17.2 Å². The fourth-order valence-corrected chi connectivity index (χ4v) is 6.15. The van der Waals surface area contributed by atoms with E-state index in [1.807, 2.05) is 4.90 Å². The summed E-state index contributed by atoms with van der Waals surface area (Å²) in [5.74, 6) is -1.06. The molecule has 1 fully saturated rings. The molecular formula is C26H24Cl4N4O4S. The van der Waals surface area contributed by atoms with Crippen molar-refractivity contribution in [1.29, 1.82) is 0 Å². The van der Waals surface area contributed by atoms with Gasteiger partial charge in [-0.15, -0.1) is 22.9 Å². The van der Waals surface area contributed by atoms with Gasteiger partial charge in [-0.1, -0.05) is 34.8 Å². The molecule has 2 aromatic heterocycles. The van der Waals surface area contributed by atoms with Crippen molar-refractivity contribution in [2.24, 2.45) is 5.92 Å². The number of thiophene rings is 1. The standard InChI is InChI=1S/C26H24Cl4N4O4S/c1-2-38-26(37)14-5-7-34(8-6-14)19-10-17(29)9-18(24(35)32-20-4-3-16(28)12-31-20)22(19)33-25(36)23-21(30)15(11-27)13-39-23/h3-4,9-10,12-14H,2,5-8,11H2,1H3,(H,33,36)(H,31,32,35). The normalized spacial score (nSPS) is 13.7. The lowest BCUT2D eigenvalue weighted by molar-refractivity contribution is -0.148. The number of hydrogen-bond acceptors (Lipinski definition) is 7. The number of ether oxygens (including phenoxy) is 1. The minimum absolute atomic E-state index is 0.125. The highest BCUT2D eigenvalue weighted by atomic mass is 35.5. The highest BCUT2D eigenvalue weighted by Crippen LogP contribution is 2.38. The minimum Gasteiger partial charge on any atom is -0.466 e. The number of benzene rings is 1. The number of amides is 2. The number of alkyl halides is 1. The molecule has 0 atom stereocenters. The number of halogens is 4. The second-order valence-corrected chi connectivity index (χ2v) is 11.1. The van der Waals surface area contributed by atoms with Crippen molar-refractivity contribution in [3.05, 3.63) is 66.9 Å². The van der Waals surface area contributed by atoms with Gasteiger partial charge in [-0.3, -0.25) is 14.4 Å². The van der Waals surface area contributed by atoms with Gasteiger partial charge in [-0.25, -0.2) is 4.98 Å². The molecule has 0 bridgehead atoms. The molecule has 0 unspecified atom stereocenters. The zero-order chi connectivity index (χ0) is 28.1. The van der Waals surface area contributed by atoms with Gasteiger partial charge in [-0.05, 0) is 55.0 Å². The maximum absolute atomic E-state index is 13.4. The first-order chi connectivity index (χ1) is 18.7. The van der Waals surface area contributed by atoms with Gasteiger partial charge < -0.3 is 20.3 Å². The van der Waals surface area contributed by atoms with Crippen LogP contribution in [0.2, 0.25) is 15.1 Å². The molecule has 1 aliphatic rings. The third-order valence-corrected chi connectivity index (χ3v) is 8.44. The number of esters is 1. The van der Waals surface area contributed by atoms with Crippen LogP contribution in [-0.2, 0) is 15.4 Å². The number of rotatable bonds is 8. The Labute approximate surface area is 249 Å². The molecule has 3 heterocycles. The summed E-state index contributed by atoms with van der Waals surface area (Å²) >= 11 is 25.9. The summed E-state index contributed by atoms with van der Waals surface area (Å²) in [7, 11) is 0. The van der Waals surface area contributed by atoms with E-state index >= 15 is 0 Å². The Balaban J connectivity index is 1.69. The molecule has 1 aromatic carbocycles. The van der Waals surface area contributed by atoms with Crippen molar-refractivity contribution in [1.82, 2.24) is 4.98 Å². The van der Waals surface area contributed by atoms with Crippen molar-refractivity contribution in [2.45, 2.75) is 25.6 Å². The maximum atomic E-state index is 13.4. The van der Waals surface area contributed by atoms with Crippen molar-refractivity contribution in [2.75, 3.05) is 35.2 Å². The Morgan fingerprint density at radius 3 is 2.44 bits per heavy atom. The Morgan fingerprint density at radius 2 is 1.82 bits per heavy atom. The summed E-state index contributed by atoms with van der Waals surface area (Å²) in [5, 5.41) is 8.28. The topological polar surface area (TPSA) is 101 Å². The molecule has 0 aliphatic carbocycles. The van der Waals surface area contributed by atoms with Crippen molar-refractivity contribution in [3.63, 3.8) is 0 Å². The minimum atomic E-state index is -0.538. The quantitative estimate of drug-likeness (QED) is 0.203. The molecule has 2 amide bonds. The fraction of sp³-hybridized carbons (Fsp3) is 0.308. The van der Waals surface area contributed by atoms with Crippen LogP contribution in [0.5, 0.6) is 0 Å². The van der Waals surface area contributed by atoms with E-state index in [-0.39, 0.29) is 44.7 Å². The van der Waals surface area contributed by atoms with Crippen LogP contribution in [0.1, 0.15) is 45.4 Å². The number of nitrogens with one attached hydrogen (secondary N) is 2. The average Bonchev–Trinajstić information content (AvgIpc) is 3.31. The summed E-state index contributed by atoms with van der Waals surface area (Å²) in [5.41, 5.74) is 1.55. The lowest BCUT2D eigenvalue weighted by atomic mass is 9.96. The molecule has 206 valence electrons. The fourth-order valence-electron chi connectivity index (χ4n) is 4.19. The Bertz CT molecular complexity index is 1380. The van der Waals surface area contributed by atoms with E-state index in [0.717, 1.165) is 11.3 Å². The summed E-state index contributed by atoms with van der Waals surface area (Å²) in [6.45, 7) is 3.07. The third-order valence-electron chi connectivity index (χ3n) is 6.14. The molecule has 8 nitrogen and oxygen atoms in total. The van der Waals surface area contributed by atoms with Gasteiger partial charge in [0.25, 0.3) is 11.8 Å². The van der Waals surface area contributed by atoms with Gasteiger partial charge in [0.2, 0.25) is 0 Å². The molecule has 1 aliphatic heterocycles. The van der Waals surface area contributed by atoms with Gasteiger partial charge in [-0.2, -0.15) is 0 Å². The number of hydrogen-bond donors (Lipinski definition) is 2. The van der Waals surface area contributed by atoms with Gasteiger partial charge in [0.15, 0.2) is 0 Å². The number of piperidine rings is 1. The second-order valence-electron chi connectivity index (χ2n) is 8.67. The summed E-state index contributed by atoms with van der Waals surface area (Å²) in [6, 6.07) is 6.30. The van der Waals surface area contributed by atoms with E-state index in [2.05, 4.69) is 15.6 Å². The van der Waals surface area contributed by atoms with Crippen LogP contribution >= 0.6 is 57.7 Å². The number of anilines is 3. The third kappa shape index (κ3) is 6.96. The van der Waals surface area contributed by atoms with Gasteiger partial charge in [0.1, 0.15) is 10.7 Å². The molecule has 39 heavy (non-hydrogen) atoms. The molecule has 0 saturated carbocycles. The van der Waals surface area contributed by atoms with E-state index in [0.29, 0.717) is 53.8 Å². The summed E-state index contributed by atoms with van der Waals surface area (Å²) < 4.78 is 5.18. The first-order valence-electron chi connectivity index (χ1n) is 12.0. The summed E-state index contributed by atoms with van der Waals surface area (Å²) in [4.78, 5) is 45.4. The monoisotopic (exact) mass is 628 g/mol. The van der Waals surface area contributed by atoms with Gasteiger partial charge in [0, 0.05) is 30.2 Å². The molecule has 1 saturated heterocycles. The lowest BCUT2D eigenvalue weighted by Crippen LogP contribution is -2.37. The van der Waals surface area contributed by atoms with Crippen LogP contribution in [0, 0.1) is 5.92 Å². The predicted octanol–water partition coefficient (Wildman–Crippen LogP) is 7.13. The summed E-state index contributed by atoms with van der Waals surface area (Å²) in [6.07, 6.45) is 2.50. The van der Waals surface area contributed by atoms with Crippen molar-refractivity contribution < 1.29 is 19.1 Å². The van der Waals surface area contributed by atoms with Crippen LogP contribution in [0.3, 0.4) is 0 Å². The zero-order valence-electron chi connectivity index (χ0n) is 20.7. The highest BCUT2D eigenvalue weighted by molar-refractivity contribution is 7.13. The molecule has 0 spiro atoms. The Morgan fingerprint density at radius 1 is 1.08 bits per heavy atom. The number of nitrogens with zero attached hydrogens (tertiary/aromatic N) is 2. The lowest BCUT2D eigenvalue weighted by Gasteiger charge is -2.34. The Kier molecular flexibility index (Phi) is 9.96. The van der Waals surface area contributed by atoms with Crippen LogP contribution < -0.4 is 15.5 Å². The average molecular weight is 630 g/mol. The van der Waals surface area contributed by atoms with Crippen molar-refractivity contribution in [3.8, 4) is 0 Å². The molecule has 3 aromatic rings. The van der Waals surface area contributed by atoms with E-state index in [1.54, 1.807) is 30.5 Å². The van der Waals surface area contributed by atoms with E-state index in [9.17, 15) is 14.4 Å². The molecule has 4 rings (SSSR count). The van der Waals surface area contributed by atoms with Crippen LogP contribution in [0.15, 0.2) is 35.8 Å². The highest BCUT2D eigenvalue weighted by Gasteiger charge is 2.30. The molecular weight excluding hydrogens is 606 g/mol. The zero-order valence-corrected chi connectivity index (χ0v) is 24.6. The second kappa shape index (κ2) is 13.2. The van der Waals surface area contributed by atoms with E-state index in [4.69, 9.17) is 51.1 Å². The van der Waals surface area contributed by atoms with Gasteiger partial charge >= 0.3 is 5.97 Å². The van der Waals surface area contributed by atoms with Crippen LogP contribution in [0.25, 0.3) is 0 Å². The Hall–Kier alpha value is -2.56. The first-order valence-corrected chi connectivity index (χ1v) is 14.6. The van der Waals surface area contributed by atoms with Gasteiger partial charge in [0.05, 0.1) is 39.5 Å². The van der Waals surface area contributed by atoms with E-state index < -0.39 is 11.8 Å². The SMILES string of the molecule is CCOC(=O)C1CCN(c2cc(Cl)cc(C(=O)Nc3ccc(Cl)cn3)c2NC(=O)c2scc(CCl)c2Cl)CC1. The number of pyridine rings is 1. The number of aromatic nitrogens is 1. The number of carbonyl (C=O) groups excluding carboxylic acids is 3. The smallest absolute Gasteiger partial charge is 0.309 e. The largest absolute Gasteiger partial charge is 0.466 e. The maximum Gasteiger partial charge on any atom is 0.309 e. The number of carbonyl (C=O) groups is 3. The molecule has 2 N–H and O–H groups in total. The van der Waals surface area contributed by atoms with E-state index in [1.165, 1.54) is 12.3 Å². The van der Waals surface area contributed by atoms with Crippen LogP contribution in [-0.4, -0.2) is 42.5 Å². The van der Waals surface area contributed by atoms with Crippen molar-refractivity contribution >= 4 is 92.7 Å². The first kappa shape index (κ1) is 29.4.